The van der Waals surface area contributed by atoms with Gasteiger partial charge in [-0.3, -0.25) is 10.2 Å². The molecule has 0 rings (SSSR count). The van der Waals surface area contributed by atoms with E-state index in [0.29, 0.717) is 0 Å². The summed E-state index contributed by atoms with van der Waals surface area (Å²) in [4.78, 5) is 0. The molecular weight excluding hydrogens is 144 g/mol. The third-order valence-corrected chi connectivity index (χ3v) is 0. The van der Waals surface area contributed by atoms with Crippen LogP contribution in [-0.4, -0.2) is 18.8 Å². The Hall–Kier alpha value is -0.360. The number of rotatable bonds is 0. The van der Waals surface area contributed by atoms with Gasteiger partial charge in [0.1, 0.15) is 0 Å². The lowest BCUT2D eigenvalue weighted by molar-refractivity contribution is 0.00819. The molecule has 0 bridgehead atoms. The van der Waals surface area contributed by atoms with Crippen LogP contribution in [0.4, 0.5) is 17.9 Å². The van der Waals surface area contributed by atoms with Gasteiger partial charge in [0, 0.05) is 0 Å². The van der Waals surface area contributed by atoms with Crippen molar-refractivity contribution in [1.29, 1.82) is 0 Å². The van der Waals surface area contributed by atoms with Crippen LogP contribution in [0.2, 0.25) is 0 Å². The van der Waals surface area contributed by atoms with E-state index < -0.39 is 6.68 Å². The van der Waals surface area contributed by atoms with Gasteiger partial charge in [-0.15, -0.1) is 0 Å². The maximum Gasteiger partial charge on any atom is 0.379 e. The van der Waals surface area contributed by atoms with E-state index in [1.54, 1.807) is 6.92 Å². The molecule has 0 aliphatic carbocycles. The molecule has 6 heteroatoms. The van der Waals surface area contributed by atoms with Crippen LogP contribution in [0.5, 0.6) is 0 Å². The molecule has 0 atom stereocenters. The van der Waals surface area contributed by atoms with E-state index in [-0.39, 0.29) is 16.8 Å². The summed E-state index contributed by atoms with van der Waals surface area (Å²) in [5, 5.41) is 8.93. The Balaban J connectivity index is -0.0000000233. The average Bonchev–Trinajstić information content (AvgIpc) is 1.33. The van der Waals surface area contributed by atoms with Gasteiger partial charge in [-0.25, -0.2) is 5.11 Å². The van der Waals surface area contributed by atoms with Crippen molar-refractivity contribution in [1.82, 2.24) is 0 Å². The summed E-state index contributed by atoms with van der Waals surface area (Å²) in [6, 6.07) is 0. The van der Waals surface area contributed by atoms with Crippen molar-refractivity contribution in [3.8, 4) is 0 Å². The lowest BCUT2D eigenvalue weighted by atomic mass is 10.9. The van der Waals surface area contributed by atoms with Crippen LogP contribution in [-0.2, 0) is 5.11 Å². The quantitative estimate of drug-likeness (QED) is 0.512. The molecule has 9 heavy (non-hydrogen) atoms. The fraction of sp³-hybridized carbons (Fsp3) is 1.00. The van der Waals surface area contributed by atoms with Gasteiger partial charge in [-0.1, -0.05) is 0 Å². The van der Waals surface area contributed by atoms with Gasteiger partial charge in [0.15, 0.2) is 0 Å². The Labute approximate surface area is 50.0 Å². The van der Waals surface area contributed by atoms with Gasteiger partial charge in [0.25, 0.3) is 0 Å². The smallest absolute Gasteiger partial charge is 0.269 e. The van der Waals surface area contributed by atoms with E-state index in [1.807, 2.05) is 0 Å². The van der Waals surface area contributed by atoms with Gasteiger partial charge in [-0.05, 0) is 6.92 Å². The normalized spacial score (nSPS) is 6.00. The maximum absolute atomic E-state index is 9.67. The zero-order valence-corrected chi connectivity index (χ0v) is 4.68. The minimum atomic E-state index is -3.67. The Morgan fingerprint density at radius 2 is 1.33 bits per heavy atom. The lowest BCUT2D eigenvalue weighted by Gasteiger charge is -1.65. The van der Waals surface area contributed by atoms with Gasteiger partial charge in [0.05, 0.1) is 6.61 Å². The van der Waals surface area contributed by atoms with Crippen LogP contribution in [0.15, 0.2) is 0 Å². The fourth-order valence-corrected chi connectivity index (χ4v) is 0. The molecule has 0 aliphatic rings. The molecule has 2 nitrogen and oxygen atoms in total. The standard InChI is InChI=1S/C2H5O.CHF3.FH.HO/c1-2-3;2-1(3)4;;/h2H2,1H3;1H;2*1H. The van der Waals surface area contributed by atoms with Crippen LogP contribution in [0, 0.1) is 0 Å². The van der Waals surface area contributed by atoms with Crippen LogP contribution >= 0.6 is 0 Å². The highest BCUT2D eigenvalue weighted by molar-refractivity contribution is 3.83. The fourth-order valence-electron chi connectivity index (χ4n) is 0. The number of halogens is 4. The molecule has 0 spiro atoms. The van der Waals surface area contributed by atoms with Crippen molar-refractivity contribution < 1.29 is 28.5 Å². The monoisotopic (exact) mass is 152 g/mol. The molecule has 0 aromatic rings. The van der Waals surface area contributed by atoms with E-state index in [4.69, 9.17) is 5.11 Å². The molecule has 0 saturated carbocycles. The van der Waals surface area contributed by atoms with Crippen molar-refractivity contribution in [3.05, 3.63) is 0 Å². The summed E-state index contributed by atoms with van der Waals surface area (Å²) in [7, 11) is 0. The molecule has 0 aromatic carbocycles. The molecule has 0 heterocycles. The number of alkyl halides is 3. The first-order chi connectivity index (χ1) is 3.15. The maximum atomic E-state index is 9.67. The highest BCUT2D eigenvalue weighted by Gasteiger charge is 1.86. The third kappa shape index (κ3) is 1880. The largest absolute Gasteiger partial charge is 0.379 e. The van der Waals surface area contributed by atoms with E-state index in [9.17, 15) is 13.2 Å². The van der Waals surface area contributed by atoms with Crippen LogP contribution < -0.4 is 0 Å². The number of hydrogen-bond donors (Lipinski definition) is 1. The first kappa shape index (κ1) is 23.4. The Bertz CT molecular complexity index is 25.0. The van der Waals surface area contributed by atoms with Crippen LogP contribution in [0.1, 0.15) is 6.92 Å². The summed E-state index contributed by atoms with van der Waals surface area (Å²) < 4.78 is 29.0. The Kier molecular flexibility index (Phi) is 66.2. The van der Waals surface area contributed by atoms with Crippen LogP contribution in [0.25, 0.3) is 0 Å². The third-order valence-electron chi connectivity index (χ3n) is 0. The summed E-state index contributed by atoms with van der Waals surface area (Å²) in [5.74, 6) is 0. The first-order valence-electron chi connectivity index (χ1n) is 1.65. The summed E-state index contributed by atoms with van der Waals surface area (Å²) >= 11 is 0. The number of hydrogen-bond acceptors (Lipinski definition) is 0. The molecule has 60 valence electrons. The Morgan fingerprint density at radius 1 is 1.33 bits per heavy atom. The predicted octanol–water partition coefficient (Wildman–Crippen LogP) is 1.59. The summed E-state index contributed by atoms with van der Waals surface area (Å²) in [6.07, 6.45) is 0. The van der Waals surface area contributed by atoms with Crippen molar-refractivity contribution in [2.75, 3.05) is 6.61 Å². The molecule has 0 amide bonds. The first-order valence-corrected chi connectivity index (χ1v) is 1.65. The summed E-state index contributed by atoms with van der Waals surface area (Å²) in [6.45, 7) is -2.10. The van der Waals surface area contributed by atoms with Crippen molar-refractivity contribution in [3.63, 3.8) is 0 Å². The minimum absolute atomic E-state index is 0. The zero-order valence-electron chi connectivity index (χ0n) is 4.68. The minimum Gasteiger partial charge on any atom is -0.269 e. The van der Waals surface area contributed by atoms with E-state index in [2.05, 4.69) is 0 Å². The second-order valence-electron chi connectivity index (χ2n) is 0.536. The highest BCUT2D eigenvalue weighted by atomic mass is 19.4. The molecule has 0 aliphatic heterocycles. The van der Waals surface area contributed by atoms with Gasteiger partial charge in [-0.2, -0.15) is 13.2 Å². The van der Waals surface area contributed by atoms with E-state index >= 15 is 0 Å². The van der Waals surface area contributed by atoms with E-state index in [0.717, 1.165) is 0 Å². The van der Waals surface area contributed by atoms with Gasteiger partial charge >= 0.3 is 6.68 Å². The van der Waals surface area contributed by atoms with E-state index in [1.165, 1.54) is 0 Å². The molecular formula is C3H8F4O2. The lowest BCUT2D eigenvalue weighted by Crippen LogP contribution is -1.65. The van der Waals surface area contributed by atoms with Gasteiger partial charge in [0.2, 0.25) is 0 Å². The predicted molar refractivity (Wildman–Crippen MR) is 22.8 cm³/mol. The molecule has 0 saturated heterocycles. The van der Waals surface area contributed by atoms with Gasteiger partial charge < -0.3 is 0 Å². The highest BCUT2D eigenvalue weighted by Crippen LogP contribution is 1.87. The Morgan fingerprint density at radius 3 is 1.33 bits per heavy atom. The molecule has 0 unspecified atom stereocenters. The summed E-state index contributed by atoms with van der Waals surface area (Å²) in [5.41, 5.74) is 0. The molecule has 0 fully saturated rings. The second kappa shape index (κ2) is 25.4. The van der Waals surface area contributed by atoms with Crippen molar-refractivity contribution in [2.24, 2.45) is 0 Å². The molecule has 0 aromatic heterocycles. The molecule has 1 N–H and O–H groups in total. The zero-order chi connectivity index (χ0) is 6.28. The van der Waals surface area contributed by atoms with Crippen LogP contribution in [0.3, 0.4) is 0 Å². The topological polar surface area (TPSA) is 49.9 Å². The SMILES string of the molecule is CC[O].F.FC(F)F.[OH]. The average molecular weight is 152 g/mol. The second-order valence-corrected chi connectivity index (χ2v) is 0.536. The van der Waals surface area contributed by atoms with Crippen molar-refractivity contribution >= 4 is 0 Å². The molecule has 2 radical (unpaired) electrons. The van der Waals surface area contributed by atoms with Crippen molar-refractivity contribution in [2.45, 2.75) is 13.6 Å².